The molecule has 2 aromatic rings. The number of furan rings is 1. The molecule has 0 aliphatic rings. The fourth-order valence-electron chi connectivity index (χ4n) is 3.68. The normalized spacial score (nSPS) is 11.4. The van der Waals surface area contributed by atoms with Crippen LogP contribution in [-0.2, 0) is 9.59 Å². The summed E-state index contributed by atoms with van der Waals surface area (Å²) in [4.78, 5) is 48.3. The Labute approximate surface area is 221 Å². The molecule has 2 rings (SSSR count). The van der Waals surface area contributed by atoms with Gasteiger partial charge in [0.25, 0.3) is 11.8 Å². The van der Waals surface area contributed by atoms with Crippen molar-refractivity contribution in [2.45, 2.75) is 39.5 Å². The largest absolute Gasteiger partial charge is 0.494 e. The molecule has 4 amide bonds. The second-order valence-electron chi connectivity index (χ2n) is 8.53. The molecule has 6 N–H and O–H groups in total. The van der Waals surface area contributed by atoms with E-state index in [9.17, 15) is 24.4 Å². The van der Waals surface area contributed by atoms with Crippen LogP contribution in [0.25, 0.3) is 11.3 Å². The Morgan fingerprint density at radius 3 is 2.58 bits per heavy atom. The van der Waals surface area contributed by atoms with Crippen molar-refractivity contribution in [2.24, 2.45) is 11.7 Å². The molecule has 1 aromatic heterocycles. The average Bonchev–Trinajstić information content (AvgIpc) is 3.41. The van der Waals surface area contributed by atoms with Gasteiger partial charge in [0.15, 0.2) is 5.76 Å². The van der Waals surface area contributed by atoms with Crippen molar-refractivity contribution in [2.75, 3.05) is 32.9 Å². The van der Waals surface area contributed by atoms with Gasteiger partial charge >= 0.3 is 0 Å². The summed E-state index contributed by atoms with van der Waals surface area (Å²) in [5.74, 6) is -1.05. The minimum Gasteiger partial charge on any atom is -0.494 e. The fourth-order valence-corrected chi connectivity index (χ4v) is 3.68. The Morgan fingerprint density at radius 2 is 1.89 bits per heavy atom. The van der Waals surface area contributed by atoms with Crippen molar-refractivity contribution in [1.29, 1.82) is 0 Å². The lowest BCUT2D eigenvalue weighted by molar-refractivity contribution is -0.154. The van der Waals surface area contributed by atoms with Gasteiger partial charge in [-0.05, 0) is 43.7 Å². The zero-order valence-corrected chi connectivity index (χ0v) is 21.8. The lowest BCUT2D eigenvalue weighted by atomic mass is 10.0. The van der Waals surface area contributed by atoms with Gasteiger partial charge in [-0.15, -0.1) is 0 Å². The van der Waals surface area contributed by atoms with Crippen molar-refractivity contribution < 1.29 is 33.5 Å². The SMILES string of the molecule is CCCCC[C@H](CN(O)C=O)C(=O)NCNC(=O)c1ccc(-c2cc(OCC)cc(C(=O)NCCN)c2)o1. The maximum Gasteiger partial charge on any atom is 0.288 e. The van der Waals surface area contributed by atoms with Gasteiger partial charge in [-0.1, -0.05) is 26.2 Å². The Balaban J connectivity index is 2.04. The predicted molar refractivity (Wildman–Crippen MR) is 139 cm³/mol. The summed E-state index contributed by atoms with van der Waals surface area (Å²) < 4.78 is 11.3. The van der Waals surface area contributed by atoms with E-state index in [0.29, 0.717) is 53.8 Å². The maximum absolute atomic E-state index is 12.6. The van der Waals surface area contributed by atoms with E-state index in [1.807, 2.05) is 13.8 Å². The molecule has 38 heavy (non-hydrogen) atoms. The number of carbonyl (C=O) groups is 4. The van der Waals surface area contributed by atoms with Crippen LogP contribution in [0, 0.1) is 5.92 Å². The molecule has 0 spiro atoms. The number of rotatable bonds is 17. The zero-order valence-electron chi connectivity index (χ0n) is 21.8. The number of hydroxylamine groups is 2. The molecule has 0 unspecified atom stereocenters. The van der Waals surface area contributed by atoms with Crippen LogP contribution in [0.5, 0.6) is 5.75 Å². The minimum absolute atomic E-state index is 0.00665. The van der Waals surface area contributed by atoms with Gasteiger partial charge < -0.3 is 30.8 Å². The molecule has 208 valence electrons. The van der Waals surface area contributed by atoms with Gasteiger partial charge in [0.05, 0.1) is 25.7 Å². The molecule has 0 aliphatic carbocycles. The van der Waals surface area contributed by atoms with Crippen molar-refractivity contribution in [3.05, 3.63) is 41.7 Å². The first-order valence-corrected chi connectivity index (χ1v) is 12.7. The summed E-state index contributed by atoms with van der Waals surface area (Å²) in [7, 11) is 0. The van der Waals surface area contributed by atoms with Crippen LogP contribution in [0.15, 0.2) is 34.7 Å². The van der Waals surface area contributed by atoms with Crippen LogP contribution in [0.4, 0.5) is 0 Å². The molecule has 0 saturated heterocycles. The van der Waals surface area contributed by atoms with Gasteiger partial charge in [-0.2, -0.15) is 0 Å². The second-order valence-corrected chi connectivity index (χ2v) is 8.53. The molecule has 0 radical (unpaired) electrons. The second kappa shape index (κ2) is 16.0. The van der Waals surface area contributed by atoms with Gasteiger partial charge in [0.2, 0.25) is 12.3 Å². The highest BCUT2D eigenvalue weighted by atomic mass is 16.5. The highest BCUT2D eigenvalue weighted by Gasteiger charge is 2.21. The summed E-state index contributed by atoms with van der Waals surface area (Å²) in [6.07, 6.45) is 3.39. The Kier molecular flexibility index (Phi) is 12.8. The van der Waals surface area contributed by atoms with E-state index in [0.717, 1.165) is 19.3 Å². The zero-order chi connectivity index (χ0) is 27.9. The van der Waals surface area contributed by atoms with Crippen molar-refractivity contribution in [1.82, 2.24) is 21.0 Å². The fraction of sp³-hybridized carbons (Fsp3) is 0.462. The number of amides is 4. The number of nitrogens with one attached hydrogen (secondary N) is 3. The highest BCUT2D eigenvalue weighted by Crippen LogP contribution is 2.28. The van der Waals surface area contributed by atoms with Gasteiger partial charge in [0, 0.05) is 24.2 Å². The molecule has 0 aliphatic heterocycles. The topological polar surface area (TPSA) is 176 Å². The molecule has 0 fully saturated rings. The van der Waals surface area contributed by atoms with E-state index in [1.54, 1.807) is 24.3 Å². The van der Waals surface area contributed by atoms with Crippen LogP contribution in [0.3, 0.4) is 0 Å². The number of hydrogen-bond donors (Lipinski definition) is 5. The molecule has 1 aromatic carbocycles. The summed E-state index contributed by atoms with van der Waals surface area (Å²) in [6, 6.07) is 8.01. The molecule has 1 atom stereocenters. The standard InChI is InChI=1S/C26H37N5O7/c1-3-5-6-7-18(15-31(36)17-32)24(33)29-16-30-26(35)23-9-8-22(38-23)19-12-20(25(34)28-11-10-27)14-21(13-19)37-4-2/h8-9,12-14,17-18,36H,3-7,10-11,15-16,27H2,1-2H3,(H,28,34)(H,29,33)(H,30,35)/t18-/m1/s1. The Hall–Kier alpha value is -3.90. The number of unbranched alkanes of at least 4 members (excludes halogenated alkanes) is 2. The number of carbonyl (C=O) groups excluding carboxylic acids is 4. The maximum atomic E-state index is 12.6. The van der Waals surface area contributed by atoms with Crippen LogP contribution in [0.2, 0.25) is 0 Å². The summed E-state index contributed by atoms with van der Waals surface area (Å²) >= 11 is 0. The van der Waals surface area contributed by atoms with Crippen LogP contribution in [0.1, 0.15) is 60.4 Å². The third kappa shape index (κ3) is 9.52. The van der Waals surface area contributed by atoms with Gasteiger partial charge in [0.1, 0.15) is 11.5 Å². The summed E-state index contributed by atoms with van der Waals surface area (Å²) in [5, 5.41) is 17.8. The molecule has 12 nitrogen and oxygen atoms in total. The summed E-state index contributed by atoms with van der Waals surface area (Å²) in [6.45, 7) is 4.57. The number of benzene rings is 1. The Bertz CT molecular complexity index is 1070. The summed E-state index contributed by atoms with van der Waals surface area (Å²) in [5.41, 5.74) is 6.36. The number of nitrogens with zero attached hydrogens (tertiary/aromatic N) is 1. The van der Waals surface area contributed by atoms with Crippen LogP contribution < -0.4 is 26.4 Å². The molecular weight excluding hydrogens is 494 g/mol. The minimum atomic E-state index is -0.613. The van der Waals surface area contributed by atoms with Crippen molar-refractivity contribution in [3.8, 4) is 17.1 Å². The first kappa shape index (κ1) is 30.3. The number of hydrogen-bond acceptors (Lipinski definition) is 8. The monoisotopic (exact) mass is 531 g/mol. The first-order chi connectivity index (χ1) is 18.3. The molecule has 0 saturated carbocycles. The van der Waals surface area contributed by atoms with Gasteiger partial charge in [-0.25, -0.2) is 5.06 Å². The van der Waals surface area contributed by atoms with E-state index in [-0.39, 0.29) is 31.3 Å². The van der Waals surface area contributed by atoms with E-state index in [2.05, 4.69) is 16.0 Å². The van der Waals surface area contributed by atoms with Gasteiger partial charge in [-0.3, -0.25) is 24.4 Å². The first-order valence-electron chi connectivity index (χ1n) is 12.7. The molecule has 1 heterocycles. The predicted octanol–water partition coefficient (Wildman–Crippen LogP) is 1.88. The third-order valence-electron chi connectivity index (χ3n) is 5.59. The third-order valence-corrected chi connectivity index (χ3v) is 5.59. The van der Waals surface area contributed by atoms with E-state index in [1.165, 1.54) is 6.07 Å². The quantitative estimate of drug-likeness (QED) is 0.0675. The molecule has 12 heteroatoms. The lowest BCUT2D eigenvalue weighted by Crippen LogP contribution is -2.42. The van der Waals surface area contributed by atoms with Crippen molar-refractivity contribution >= 4 is 24.1 Å². The number of ether oxygens (including phenoxy) is 1. The average molecular weight is 532 g/mol. The van der Waals surface area contributed by atoms with Crippen LogP contribution in [-0.4, -0.2) is 67.3 Å². The Morgan fingerprint density at radius 1 is 1.11 bits per heavy atom. The highest BCUT2D eigenvalue weighted by molar-refractivity contribution is 5.96. The lowest BCUT2D eigenvalue weighted by Gasteiger charge is -2.19. The van der Waals surface area contributed by atoms with E-state index < -0.39 is 17.7 Å². The van der Waals surface area contributed by atoms with Crippen LogP contribution >= 0.6 is 0 Å². The van der Waals surface area contributed by atoms with Crippen molar-refractivity contribution in [3.63, 3.8) is 0 Å². The molecule has 0 bridgehead atoms. The van der Waals surface area contributed by atoms with E-state index in [4.69, 9.17) is 14.9 Å². The van der Waals surface area contributed by atoms with E-state index >= 15 is 0 Å². The smallest absolute Gasteiger partial charge is 0.288 e. The number of nitrogens with two attached hydrogens (primary N) is 1. The molecular formula is C26H37N5O7.